The van der Waals surface area contributed by atoms with E-state index in [-0.39, 0.29) is 38.5 Å². The maximum Gasteiger partial charge on any atom is 0.326 e. The molecule has 0 spiro atoms. The van der Waals surface area contributed by atoms with Gasteiger partial charge in [0.1, 0.15) is 18.1 Å². The van der Waals surface area contributed by atoms with Crippen LogP contribution in [-0.2, 0) is 35.2 Å². The number of carboxylic acid groups (broad SMARTS) is 2. The summed E-state index contributed by atoms with van der Waals surface area (Å²) < 4.78 is 0. The zero-order valence-electron chi connectivity index (χ0n) is 21.1. The average molecular weight is 554 g/mol. The van der Waals surface area contributed by atoms with Gasteiger partial charge in [0.15, 0.2) is 0 Å². The predicted molar refractivity (Wildman–Crippen MR) is 140 cm³/mol. The number of amides is 4. The van der Waals surface area contributed by atoms with Gasteiger partial charge in [-0.25, -0.2) is 4.79 Å². The number of aliphatic carboxylic acids is 2. The van der Waals surface area contributed by atoms with Gasteiger partial charge in [0.25, 0.3) is 0 Å². The average Bonchev–Trinajstić information content (AvgIpc) is 2.86. The van der Waals surface area contributed by atoms with E-state index in [9.17, 15) is 33.9 Å². The minimum absolute atomic E-state index is 0.0136. The number of rotatable bonds is 18. The van der Waals surface area contributed by atoms with Crippen molar-refractivity contribution in [1.29, 1.82) is 0 Å². The highest BCUT2D eigenvalue weighted by molar-refractivity contribution is 7.98. The van der Waals surface area contributed by atoms with Crippen molar-refractivity contribution in [2.45, 2.75) is 62.7 Å². The van der Waals surface area contributed by atoms with Crippen LogP contribution in [0.1, 0.15) is 37.7 Å². The third kappa shape index (κ3) is 12.5. The lowest BCUT2D eigenvalue weighted by Gasteiger charge is -2.25. The topological polar surface area (TPSA) is 231 Å². The van der Waals surface area contributed by atoms with Crippen LogP contribution in [0, 0.1) is 0 Å². The van der Waals surface area contributed by atoms with Gasteiger partial charge < -0.3 is 37.6 Å². The first-order chi connectivity index (χ1) is 17.9. The van der Waals surface area contributed by atoms with Crippen LogP contribution in [0.2, 0.25) is 0 Å². The molecule has 38 heavy (non-hydrogen) atoms. The third-order valence-electron chi connectivity index (χ3n) is 5.46. The van der Waals surface area contributed by atoms with E-state index in [4.69, 9.17) is 16.6 Å². The molecule has 4 amide bonds. The Labute approximate surface area is 224 Å². The van der Waals surface area contributed by atoms with E-state index in [2.05, 4.69) is 16.0 Å². The molecule has 0 bridgehead atoms. The number of carboxylic acids is 2. The minimum atomic E-state index is -1.32. The lowest BCUT2D eigenvalue weighted by atomic mass is 10.0. The number of carbonyl (C=O) groups excluding carboxylic acids is 4. The van der Waals surface area contributed by atoms with Crippen molar-refractivity contribution in [2.24, 2.45) is 11.5 Å². The number of primary amides is 1. The third-order valence-corrected chi connectivity index (χ3v) is 6.10. The number of nitrogens with two attached hydrogens (primary N) is 2. The van der Waals surface area contributed by atoms with Crippen molar-refractivity contribution in [3.05, 3.63) is 35.9 Å². The number of carbonyl (C=O) groups is 6. The molecule has 0 aromatic heterocycles. The Morgan fingerprint density at radius 1 is 0.816 bits per heavy atom. The summed E-state index contributed by atoms with van der Waals surface area (Å²) in [6.45, 7) is 0. The molecule has 4 atom stereocenters. The summed E-state index contributed by atoms with van der Waals surface area (Å²) in [7, 11) is 0. The van der Waals surface area contributed by atoms with E-state index < -0.39 is 59.7 Å². The van der Waals surface area contributed by atoms with Crippen molar-refractivity contribution in [3.63, 3.8) is 0 Å². The van der Waals surface area contributed by atoms with Gasteiger partial charge in [-0.15, -0.1) is 0 Å². The number of nitrogens with one attached hydrogen (secondary N) is 3. The maximum atomic E-state index is 13.2. The Balaban J connectivity index is 3.10. The normalized spacial score (nSPS) is 13.8. The maximum absolute atomic E-state index is 13.2. The lowest BCUT2D eigenvalue weighted by Crippen LogP contribution is -2.57. The molecule has 0 saturated heterocycles. The number of hydrogen-bond acceptors (Lipinski definition) is 8. The van der Waals surface area contributed by atoms with Crippen LogP contribution in [-0.4, -0.2) is 82.0 Å². The molecule has 0 fully saturated rings. The fraction of sp³-hybridized carbons (Fsp3) is 0.500. The van der Waals surface area contributed by atoms with Gasteiger partial charge in [0.05, 0.1) is 6.04 Å². The second kappa shape index (κ2) is 17.0. The molecule has 210 valence electrons. The molecular formula is C24H35N5O8S. The molecule has 0 radical (unpaired) electrons. The van der Waals surface area contributed by atoms with E-state index in [1.54, 1.807) is 36.6 Å². The molecule has 1 aromatic rings. The van der Waals surface area contributed by atoms with E-state index >= 15 is 0 Å². The SMILES string of the molecule is CSCCC(NC(=O)C(CCC(N)=O)NC(=O)C(Cc1ccccc1)NC(=O)C(N)CCC(=O)O)C(=O)O. The largest absolute Gasteiger partial charge is 0.481 e. The molecule has 0 aliphatic rings. The Hall–Kier alpha value is -3.65. The molecule has 1 aromatic carbocycles. The van der Waals surface area contributed by atoms with Crippen LogP contribution < -0.4 is 27.4 Å². The molecule has 9 N–H and O–H groups in total. The lowest BCUT2D eigenvalue weighted by molar-refractivity contribution is -0.142. The summed E-state index contributed by atoms with van der Waals surface area (Å²) >= 11 is 1.40. The highest BCUT2D eigenvalue weighted by Crippen LogP contribution is 2.08. The van der Waals surface area contributed by atoms with E-state index in [1.807, 2.05) is 0 Å². The molecule has 14 heteroatoms. The first-order valence-corrected chi connectivity index (χ1v) is 13.3. The second-order valence-electron chi connectivity index (χ2n) is 8.54. The molecule has 0 saturated carbocycles. The molecule has 1 rings (SSSR count). The van der Waals surface area contributed by atoms with Gasteiger partial charge >= 0.3 is 11.9 Å². The van der Waals surface area contributed by atoms with E-state index in [0.717, 1.165) is 0 Å². The second-order valence-corrected chi connectivity index (χ2v) is 9.52. The fourth-order valence-corrected chi connectivity index (χ4v) is 3.81. The molecule has 0 aliphatic carbocycles. The van der Waals surface area contributed by atoms with Gasteiger partial charge in [0, 0.05) is 19.3 Å². The molecule has 0 aliphatic heterocycles. The van der Waals surface area contributed by atoms with Crippen molar-refractivity contribution >= 4 is 47.3 Å². The summed E-state index contributed by atoms with van der Waals surface area (Å²) in [4.78, 5) is 72.5. The van der Waals surface area contributed by atoms with E-state index in [1.165, 1.54) is 11.8 Å². The highest BCUT2D eigenvalue weighted by Gasteiger charge is 2.30. The quantitative estimate of drug-likeness (QED) is 0.117. The number of thioether (sulfide) groups is 1. The molecule has 4 unspecified atom stereocenters. The van der Waals surface area contributed by atoms with Gasteiger partial charge in [-0.2, -0.15) is 11.8 Å². The molecular weight excluding hydrogens is 518 g/mol. The first-order valence-electron chi connectivity index (χ1n) is 11.9. The van der Waals surface area contributed by atoms with Crippen molar-refractivity contribution in [3.8, 4) is 0 Å². The summed E-state index contributed by atoms with van der Waals surface area (Å²) in [6.07, 6.45) is 0.963. The van der Waals surface area contributed by atoms with Gasteiger partial charge in [-0.1, -0.05) is 30.3 Å². The van der Waals surface area contributed by atoms with Crippen molar-refractivity contribution in [1.82, 2.24) is 16.0 Å². The fourth-order valence-electron chi connectivity index (χ4n) is 3.34. The number of benzene rings is 1. The Kier molecular flexibility index (Phi) is 14.5. The van der Waals surface area contributed by atoms with Crippen LogP contribution in [0.3, 0.4) is 0 Å². The zero-order chi connectivity index (χ0) is 28.7. The van der Waals surface area contributed by atoms with Gasteiger partial charge in [0.2, 0.25) is 23.6 Å². The predicted octanol–water partition coefficient (Wildman–Crippen LogP) is -1.02. The standard InChI is InChI=1S/C24H35N5O8S/c1-38-12-11-17(24(36)37)28-22(34)16(8-9-19(26)30)27-23(35)18(13-14-5-3-2-4-6-14)29-21(33)15(25)7-10-20(31)32/h2-6,15-18H,7-13,25H2,1H3,(H2,26,30)(H,27,35)(H,28,34)(H,29,33)(H,31,32)(H,36,37). The van der Waals surface area contributed by atoms with Crippen LogP contribution >= 0.6 is 11.8 Å². The summed E-state index contributed by atoms with van der Waals surface area (Å²) in [5, 5.41) is 25.6. The van der Waals surface area contributed by atoms with Crippen LogP contribution in [0.5, 0.6) is 0 Å². The smallest absolute Gasteiger partial charge is 0.326 e. The Morgan fingerprint density at radius 3 is 1.95 bits per heavy atom. The highest BCUT2D eigenvalue weighted by atomic mass is 32.2. The molecule has 0 heterocycles. The number of hydrogen-bond donors (Lipinski definition) is 7. The summed E-state index contributed by atoms with van der Waals surface area (Å²) in [5.74, 6) is -5.02. The van der Waals surface area contributed by atoms with Gasteiger partial charge in [-0.05, 0) is 36.8 Å². The minimum Gasteiger partial charge on any atom is -0.481 e. The van der Waals surface area contributed by atoms with Crippen molar-refractivity contribution < 1.29 is 39.0 Å². The van der Waals surface area contributed by atoms with Crippen LogP contribution in [0.15, 0.2) is 30.3 Å². The Morgan fingerprint density at radius 2 is 1.39 bits per heavy atom. The summed E-state index contributed by atoms with van der Waals surface area (Å²) in [6, 6.07) is 3.73. The zero-order valence-corrected chi connectivity index (χ0v) is 21.9. The Bertz CT molecular complexity index is 978. The summed E-state index contributed by atoms with van der Waals surface area (Å²) in [5.41, 5.74) is 11.7. The molecule has 13 nitrogen and oxygen atoms in total. The van der Waals surface area contributed by atoms with E-state index in [0.29, 0.717) is 11.3 Å². The first kappa shape index (κ1) is 32.4. The van der Waals surface area contributed by atoms with Gasteiger partial charge in [-0.3, -0.25) is 24.0 Å². The monoisotopic (exact) mass is 553 g/mol. The van der Waals surface area contributed by atoms with Crippen LogP contribution in [0.25, 0.3) is 0 Å². The van der Waals surface area contributed by atoms with Crippen LogP contribution in [0.4, 0.5) is 0 Å². The van der Waals surface area contributed by atoms with Crippen molar-refractivity contribution in [2.75, 3.05) is 12.0 Å².